The minimum absolute atomic E-state index is 0.0980. The molecule has 0 radical (unpaired) electrons. The number of nitrogens with zero attached hydrogens (tertiary/aromatic N) is 1. The van der Waals surface area contributed by atoms with E-state index in [2.05, 4.69) is 27.0 Å². The van der Waals surface area contributed by atoms with Gasteiger partial charge in [0.2, 0.25) is 10.0 Å². The molecule has 0 bridgehead atoms. The Hall–Kier alpha value is -3.01. The van der Waals surface area contributed by atoms with Crippen LogP contribution >= 0.6 is 15.9 Å². The molecule has 4 aromatic rings. The molecule has 0 fully saturated rings. The van der Waals surface area contributed by atoms with Crippen molar-refractivity contribution in [3.63, 3.8) is 0 Å². The van der Waals surface area contributed by atoms with Gasteiger partial charge in [-0.05, 0) is 54.4 Å². The zero-order valence-electron chi connectivity index (χ0n) is 19.5. The lowest BCUT2D eigenvalue weighted by molar-refractivity contribution is 0.323. The lowest BCUT2D eigenvalue weighted by Gasteiger charge is -2.36. The zero-order chi connectivity index (χ0) is 24.7. The molecule has 0 amide bonds. The Labute approximate surface area is 212 Å². The Bertz CT molecular complexity index is 1520. The van der Waals surface area contributed by atoms with Gasteiger partial charge in [-0.25, -0.2) is 8.42 Å². The first-order valence-corrected chi connectivity index (χ1v) is 13.3. The van der Waals surface area contributed by atoms with Gasteiger partial charge in [0.05, 0.1) is 27.4 Å². The molecule has 1 aromatic heterocycles. The van der Waals surface area contributed by atoms with E-state index in [4.69, 9.17) is 14.2 Å². The van der Waals surface area contributed by atoms with Crippen LogP contribution in [0, 0.1) is 0 Å². The van der Waals surface area contributed by atoms with Gasteiger partial charge < -0.3 is 19.2 Å². The molecule has 5 rings (SSSR count). The third-order valence-corrected chi connectivity index (χ3v) is 8.81. The van der Waals surface area contributed by atoms with Crippen molar-refractivity contribution in [3.8, 4) is 17.2 Å². The number of halogens is 1. The minimum Gasteiger partial charge on any atom is -0.497 e. The lowest BCUT2D eigenvalue weighted by Crippen LogP contribution is -2.40. The average Bonchev–Trinajstić information content (AvgIpc) is 3.26. The predicted molar refractivity (Wildman–Crippen MR) is 138 cm³/mol. The van der Waals surface area contributed by atoms with E-state index in [1.165, 1.54) is 11.4 Å². The minimum atomic E-state index is -3.99. The topological polar surface area (TPSA) is 80.9 Å². The molecule has 1 atom stereocenters. The van der Waals surface area contributed by atoms with Gasteiger partial charge in [0, 0.05) is 33.2 Å². The summed E-state index contributed by atoms with van der Waals surface area (Å²) in [7, 11) is 0.647. The molecule has 35 heavy (non-hydrogen) atoms. The first-order valence-electron chi connectivity index (χ1n) is 11.1. The van der Waals surface area contributed by atoms with Crippen LogP contribution in [-0.2, 0) is 16.4 Å². The fourth-order valence-corrected chi connectivity index (χ4v) is 7.09. The number of methoxy groups -OCH3 is 3. The molecule has 0 spiro atoms. The van der Waals surface area contributed by atoms with Crippen molar-refractivity contribution in [2.24, 2.45) is 0 Å². The highest BCUT2D eigenvalue weighted by Gasteiger charge is 2.41. The Morgan fingerprint density at radius 1 is 0.943 bits per heavy atom. The number of rotatable bonds is 6. The Morgan fingerprint density at radius 2 is 1.69 bits per heavy atom. The summed E-state index contributed by atoms with van der Waals surface area (Å²) in [6.45, 7) is 0.290. The standard InChI is InChI=1S/C26H25BrN2O5S/c1-32-17-9-11-22(33-2)20(15-17)26-25-19(18-6-4-5-7-21(18)28-25)12-13-29(26)35(30,31)24-14-16(27)8-10-23(24)34-3/h4-11,14-15,26,28H,12-13H2,1-3H3. The molecule has 1 N–H and O–H groups in total. The van der Waals surface area contributed by atoms with Crippen molar-refractivity contribution in [1.82, 2.24) is 9.29 Å². The number of hydrogen-bond acceptors (Lipinski definition) is 5. The van der Waals surface area contributed by atoms with E-state index in [9.17, 15) is 8.42 Å². The summed E-state index contributed by atoms with van der Waals surface area (Å²) in [4.78, 5) is 3.60. The highest BCUT2D eigenvalue weighted by atomic mass is 79.9. The van der Waals surface area contributed by atoms with Crippen LogP contribution < -0.4 is 14.2 Å². The second-order valence-corrected chi connectivity index (χ2v) is 11.0. The average molecular weight is 557 g/mol. The summed E-state index contributed by atoms with van der Waals surface area (Å²) in [5, 5.41) is 1.09. The first kappa shape index (κ1) is 23.7. The van der Waals surface area contributed by atoms with Crippen LogP contribution in [0.25, 0.3) is 10.9 Å². The molecule has 7 nitrogen and oxygen atoms in total. The van der Waals surface area contributed by atoms with Crippen LogP contribution in [-0.4, -0.2) is 45.6 Å². The summed E-state index contributed by atoms with van der Waals surface area (Å²) in [5.74, 6) is 1.47. The Morgan fingerprint density at radius 3 is 2.43 bits per heavy atom. The van der Waals surface area contributed by atoms with Crippen molar-refractivity contribution in [1.29, 1.82) is 0 Å². The molecule has 0 saturated carbocycles. The monoisotopic (exact) mass is 556 g/mol. The van der Waals surface area contributed by atoms with Gasteiger partial charge in [0.1, 0.15) is 22.1 Å². The second kappa shape index (κ2) is 9.22. The highest BCUT2D eigenvalue weighted by molar-refractivity contribution is 9.10. The Balaban J connectivity index is 1.78. The van der Waals surface area contributed by atoms with E-state index >= 15 is 0 Å². The number of aromatic nitrogens is 1. The van der Waals surface area contributed by atoms with Gasteiger partial charge >= 0.3 is 0 Å². The third-order valence-electron chi connectivity index (χ3n) is 6.43. The number of ether oxygens (including phenoxy) is 3. The highest BCUT2D eigenvalue weighted by Crippen LogP contribution is 2.45. The number of benzene rings is 3. The largest absolute Gasteiger partial charge is 0.497 e. The summed E-state index contributed by atoms with van der Waals surface area (Å²) in [6.07, 6.45) is 0.567. The van der Waals surface area contributed by atoms with E-state index in [0.29, 0.717) is 28.0 Å². The van der Waals surface area contributed by atoms with Gasteiger partial charge in [-0.2, -0.15) is 4.31 Å². The van der Waals surface area contributed by atoms with Crippen molar-refractivity contribution in [2.75, 3.05) is 27.9 Å². The molecule has 9 heteroatoms. The number of aromatic amines is 1. The maximum Gasteiger partial charge on any atom is 0.247 e. The summed E-state index contributed by atoms with van der Waals surface area (Å²) < 4.78 is 47.2. The van der Waals surface area contributed by atoms with Crippen LogP contribution in [0.1, 0.15) is 22.9 Å². The number of H-pyrrole nitrogens is 1. The molecule has 1 aliphatic rings. The lowest BCUT2D eigenvalue weighted by atomic mass is 9.93. The molecule has 0 saturated heterocycles. The molecule has 3 aromatic carbocycles. The smallest absolute Gasteiger partial charge is 0.247 e. The van der Waals surface area contributed by atoms with Crippen molar-refractivity contribution in [2.45, 2.75) is 17.4 Å². The number of hydrogen-bond donors (Lipinski definition) is 1. The molecule has 182 valence electrons. The molecule has 2 heterocycles. The van der Waals surface area contributed by atoms with E-state index < -0.39 is 16.1 Å². The van der Waals surface area contributed by atoms with Crippen LogP contribution in [0.4, 0.5) is 0 Å². The molecular weight excluding hydrogens is 532 g/mol. The fraction of sp³-hybridized carbons (Fsp3) is 0.231. The number of para-hydroxylation sites is 1. The van der Waals surface area contributed by atoms with E-state index in [0.717, 1.165) is 22.2 Å². The number of sulfonamides is 1. The summed E-state index contributed by atoms with van der Waals surface area (Å²) in [5.41, 5.74) is 3.57. The fourth-order valence-electron chi connectivity index (χ4n) is 4.82. The SMILES string of the molecule is COc1ccc(OC)c(C2c3[nH]c4ccccc4c3CCN2S(=O)(=O)c2cc(Br)ccc2OC)c1. The van der Waals surface area contributed by atoms with Crippen molar-refractivity contribution < 1.29 is 22.6 Å². The Kier molecular flexibility index (Phi) is 6.25. The van der Waals surface area contributed by atoms with Crippen LogP contribution in [0.15, 0.2) is 70.0 Å². The van der Waals surface area contributed by atoms with Crippen molar-refractivity contribution in [3.05, 3.63) is 82.0 Å². The molecule has 1 aliphatic heterocycles. The molecule has 1 unspecified atom stereocenters. The molecular formula is C26H25BrN2O5S. The van der Waals surface area contributed by atoms with Crippen LogP contribution in [0.2, 0.25) is 0 Å². The van der Waals surface area contributed by atoms with E-state index in [-0.39, 0.29) is 17.2 Å². The summed E-state index contributed by atoms with van der Waals surface area (Å²) >= 11 is 3.41. The maximum absolute atomic E-state index is 14.2. The van der Waals surface area contributed by atoms with Gasteiger partial charge in [0.15, 0.2) is 0 Å². The van der Waals surface area contributed by atoms with Gasteiger partial charge in [-0.1, -0.05) is 34.1 Å². The van der Waals surface area contributed by atoms with E-state index in [1.54, 1.807) is 44.6 Å². The predicted octanol–water partition coefficient (Wildman–Crippen LogP) is 5.29. The summed E-state index contributed by atoms with van der Waals surface area (Å²) in [6, 6.07) is 17.8. The van der Waals surface area contributed by atoms with E-state index in [1.807, 2.05) is 24.3 Å². The van der Waals surface area contributed by atoms with Crippen LogP contribution in [0.5, 0.6) is 17.2 Å². The number of nitrogens with one attached hydrogen (secondary N) is 1. The third kappa shape index (κ3) is 3.97. The van der Waals surface area contributed by atoms with Gasteiger partial charge in [0.25, 0.3) is 0 Å². The second-order valence-electron chi connectivity index (χ2n) is 8.23. The van der Waals surface area contributed by atoms with Gasteiger partial charge in [-0.3, -0.25) is 0 Å². The normalized spacial score (nSPS) is 16.2. The maximum atomic E-state index is 14.2. The van der Waals surface area contributed by atoms with Crippen LogP contribution in [0.3, 0.4) is 0 Å². The van der Waals surface area contributed by atoms with Gasteiger partial charge in [-0.15, -0.1) is 0 Å². The quantitative estimate of drug-likeness (QED) is 0.349. The van der Waals surface area contributed by atoms with Crippen molar-refractivity contribution >= 4 is 36.9 Å². The molecule has 0 aliphatic carbocycles. The zero-order valence-corrected chi connectivity index (χ0v) is 21.9. The first-order chi connectivity index (χ1) is 16.9. The number of fused-ring (bicyclic) bond motifs is 3.